The van der Waals surface area contributed by atoms with Crippen molar-refractivity contribution in [3.8, 4) is 11.1 Å². The molecule has 1 aliphatic carbocycles. The van der Waals surface area contributed by atoms with Gasteiger partial charge in [-0.15, -0.1) is 0 Å². The summed E-state index contributed by atoms with van der Waals surface area (Å²) in [5.41, 5.74) is 0.338. The van der Waals surface area contributed by atoms with Crippen LogP contribution in [0.15, 0.2) is 42.5 Å². The number of nitrogens with one attached hydrogen (secondary N) is 2. The maximum absolute atomic E-state index is 15.1. The van der Waals surface area contributed by atoms with Crippen LogP contribution < -0.4 is 16.4 Å². The number of nitrogens with two attached hydrogens (primary N) is 1. The first-order chi connectivity index (χ1) is 26.0. The van der Waals surface area contributed by atoms with Crippen LogP contribution in [0, 0.1) is 17.5 Å². The van der Waals surface area contributed by atoms with Crippen molar-refractivity contribution in [1.29, 1.82) is 0 Å². The fraction of sp³-hybridized carbons (Fsp3) is 0.343. The van der Waals surface area contributed by atoms with Crippen molar-refractivity contribution >= 4 is 38.6 Å². The van der Waals surface area contributed by atoms with Crippen molar-refractivity contribution in [3.63, 3.8) is 0 Å². The zero-order valence-corrected chi connectivity index (χ0v) is 28.9. The van der Waals surface area contributed by atoms with Crippen molar-refractivity contribution < 1.29 is 53.8 Å². The van der Waals surface area contributed by atoms with Crippen LogP contribution in [0.1, 0.15) is 70.3 Å². The second-order valence-electron chi connectivity index (χ2n) is 13.1. The summed E-state index contributed by atoms with van der Waals surface area (Å²) in [7, 11) is 0. The number of hydrogen-bond acceptors (Lipinski definition) is 8. The number of hydrogen-bond donors (Lipinski definition) is 3. The van der Waals surface area contributed by atoms with E-state index in [0.29, 0.717) is 35.5 Å². The van der Waals surface area contributed by atoms with Crippen LogP contribution in [0.3, 0.4) is 0 Å². The summed E-state index contributed by atoms with van der Waals surface area (Å²) in [6.45, 7) is -0.330. The lowest BCUT2D eigenvalue weighted by Crippen LogP contribution is -2.37. The summed E-state index contributed by atoms with van der Waals surface area (Å²) in [6, 6.07) is 5.86. The number of nitrogens with zero attached hydrogens (tertiary/aromatic N) is 4. The number of pyridine rings is 1. The number of thiazole rings is 1. The zero-order valence-electron chi connectivity index (χ0n) is 28.1. The van der Waals surface area contributed by atoms with E-state index in [9.17, 15) is 40.3 Å². The predicted octanol–water partition coefficient (Wildman–Crippen LogP) is 7.29. The fourth-order valence-electron chi connectivity index (χ4n) is 6.73. The minimum atomic E-state index is -4.10. The van der Waals surface area contributed by atoms with E-state index in [4.69, 9.17) is 10.5 Å². The van der Waals surface area contributed by atoms with Crippen LogP contribution in [0.25, 0.3) is 21.5 Å². The molecule has 1 saturated heterocycles. The molecule has 0 radical (unpaired) electrons. The van der Waals surface area contributed by atoms with Gasteiger partial charge >= 0.3 is 0 Å². The molecule has 3 aromatic heterocycles. The van der Waals surface area contributed by atoms with E-state index in [2.05, 4.69) is 25.7 Å². The molecule has 1 fully saturated rings. The lowest BCUT2D eigenvalue weighted by Gasteiger charge is -2.29. The quantitative estimate of drug-likeness (QED) is 0.120. The Morgan fingerprint density at radius 2 is 1.71 bits per heavy atom. The standard InChI is InChI=1S/C35H28F9N7O3S/c36-17-7-15(8-18(37)11-17)9-23(47-25(52)13-51-29-26(28(50-51)30(39)40)34(41,42)4-5-35(29,43)44)27-20(16-1-2-22(38)21(10-16)31(45)53)12-24-32(48-27)49-33(55-24)46-19-3-6-54-14-19/h1-2,7-8,10-12,19,23,30H,3-6,9,13-14H2,(H2,45,53)(H,47,52)(H,46,48,49)/t19?,23-/m0/s1. The fourth-order valence-corrected chi connectivity index (χ4v) is 7.66. The highest BCUT2D eigenvalue weighted by Gasteiger charge is 2.55. The van der Waals surface area contributed by atoms with Crippen molar-refractivity contribution in [2.24, 2.45) is 5.73 Å². The summed E-state index contributed by atoms with van der Waals surface area (Å²) in [4.78, 5) is 35.0. The Labute approximate surface area is 308 Å². The van der Waals surface area contributed by atoms with Crippen molar-refractivity contribution in [3.05, 3.63) is 93.7 Å². The summed E-state index contributed by atoms with van der Waals surface area (Å²) >= 11 is 1.17. The molecule has 2 amide bonds. The smallest absolute Gasteiger partial charge is 0.290 e. The molecule has 1 unspecified atom stereocenters. The van der Waals surface area contributed by atoms with Crippen LogP contribution in [0.2, 0.25) is 0 Å². The van der Waals surface area contributed by atoms with Gasteiger partial charge in [0.05, 0.1) is 40.2 Å². The van der Waals surface area contributed by atoms with Gasteiger partial charge in [-0.3, -0.25) is 14.3 Å². The molecule has 290 valence electrons. The molecule has 2 atom stereocenters. The number of ether oxygens (including phenoxy) is 1. The Bertz CT molecular complexity index is 2290. The molecule has 2 aromatic carbocycles. The first-order valence-corrected chi connectivity index (χ1v) is 17.5. The number of amides is 2. The third kappa shape index (κ3) is 7.69. The highest BCUT2D eigenvalue weighted by Crippen LogP contribution is 2.52. The number of anilines is 1. The second-order valence-corrected chi connectivity index (χ2v) is 14.1. The van der Waals surface area contributed by atoms with E-state index >= 15 is 8.78 Å². The molecule has 4 heterocycles. The third-order valence-electron chi connectivity index (χ3n) is 9.18. The number of alkyl halides is 6. The van der Waals surface area contributed by atoms with E-state index in [0.717, 1.165) is 24.3 Å². The normalized spacial score (nSPS) is 18.0. The van der Waals surface area contributed by atoms with Crippen LogP contribution >= 0.6 is 11.3 Å². The van der Waals surface area contributed by atoms with E-state index in [1.807, 2.05) is 0 Å². The minimum absolute atomic E-state index is 0.0444. The number of rotatable bonds is 11. The van der Waals surface area contributed by atoms with Crippen LogP contribution in [0.5, 0.6) is 0 Å². The van der Waals surface area contributed by atoms with Gasteiger partial charge in [0.2, 0.25) is 5.91 Å². The molecule has 0 bridgehead atoms. The number of benzene rings is 2. The summed E-state index contributed by atoms with van der Waals surface area (Å²) in [5, 5.41) is 9.47. The van der Waals surface area contributed by atoms with Crippen molar-refractivity contribution in [2.75, 3.05) is 18.5 Å². The molecule has 55 heavy (non-hydrogen) atoms. The Balaban J connectivity index is 1.35. The Kier molecular flexibility index (Phi) is 9.99. The van der Waals surface area contributed by atoms with E-state index < -0.39 is 102 Å². The SMILES string of the molecule is NC(=O)c1cc(-c2cc3sc(NC4CCOC4)nc3nc2[C@H](Cc2cc(F)cc(F)c2)NC(=O)Cn2nc(C(F)F)c3c2C(F)(F)CCC3(F)F)ccc1F. The molecule has 5 aromatic rings. The molecule has 0 spiro atoms. The Morgan fingerprint density at radius 1 is 0.982 bits per heavy atom. The summed E-state index contributed by atoms with van der Waals surface area (Å²) in [6.07, 6.45) is -6.29. The van der Waals surface area contributed by atoms with Gasteiger partial charge in [0, 0.05) is 31.1 Å². The first kappa shape index (κ1) is 38.1. The summed E-state index contributed by atoms with van der Waals surface area (Å²) in [5.74, 6) is -13.4. The van der Waals surface area contributed by atoms with Gasteiger partial charge in [0.25, 0.3) is 24.2 Å². The number of primary amides is 1. The molecule has 4 N–H and O–H groups in total. The number of carbonyl (C=O) groups is 2. The van der Waals surface area contributed by atoms with E-state index in [1.54, 1.807) is 6.07 Å². The van der Waals surface area contributed by atoms with Crippen LogP contribution in [-0.2, 0) is 34.3 Å². The maximum atomic E-state index is 15.1. The maximum Gasteiger partial charge on any atom is 0.290 e. The molecular formula is C35H28F9N7O3S. The highest BCUT2D eigenvalue weighted by atomic mass is 32.1. The van der Waals surface area contributed by atoms with Gasteiger partial charge < -0.3 is 21.1 Å². The molecule has 0 saturated carbocycles. The van der Waals surface area contributed by atoms with Gasteiger partial charge in [-0.05, 0) is 54.3 Å². The predicted molar refractivity (Wildman–Crippen MR) is 179 cm³/mol. The highest BCUT2D eigenvalue weighted by molar-refractivity contribution is 7.22. The lowest BCUT2D eigenvalue weighted by atomic mass is 9.89. The van der Waals surface area contributed by atoms with Gasteiger partial charge in [-0.1, -0.05) is 17.4 Å². The number of aromatic nitrogens is 4. The first-order valence-electron chi connectivity index (χ1n) is 16.6. The number of fused-ring (bicyclic) bond motifs is 2. The van der Waals surface area contributed by atoms with Crippen LogP contribution in [-0.4, -0.2) is 50.8 Å². The van der Waals surface area contributed by atoms with Gasteiger partial charge in [-0.2, -0.15) is 13.9 Å². The lowest BCUT2D eigenvalue weighted by molar-refractivity contribution is -0.123. The average molecular weight is 798 g/mol. The van der Waals surface area contributed by atoms with Gasteiger partial charge in [0.1, 0.15) is 35.4 Å². The van der Waals surface area contributed by atoms with E-state index in [-0.39, 0.29) is 38.8 Å². The van der Waals surface area contributed by atoms with Gasteiger partial charge in [-0.25, -0.2) is 40.7 Å². The van der Waals surface area contributed by atoms with Crippen LogP contribution in [0.4, 0.5) is 44.6 Å². The number of halogens is 9. The molecule has 10 nitrogen and oxygen atoms in total. The van der Waals surface area contributed by atoms with Crippen molar-refractivity contribution in [1.82, 2.24) is 25.1 Å². The summed E-state index contributed by atoms with van der Waals surface area (Å²) < 4.78 is 137. The molecule has 7 rings (SSSR count). The monoisotopic (exact) mass is 797 g/mol. The zero-order chi connectivity index (χ0) is 39.4. The topological polar surface area (TPSA) is 137 Å². The third-order valence-corrected chi connectivity index (χ3v) is 10.1. The van der Waals surface area contributed by atoms with E-state index in [1.165, 1.54) is 17.4 Å². The molecule has 1 aliphatic heterocycles. The average Bonchev–Trinajstić information content (AvgIpc) is 3.85. The molecular weight excluding hydrogens is 769 g/mol. The molecule has 2 aliphatic rings. The van der Waals surface area contributed by atoms with Crippen molar-refractivity contribution in [2.45, 2.75) is 62.6 Å². The van der Waals surface area contributed by atoms with Gasteiger partial charge in [0.15, 0.2) is 10.8 Å². The second kappa shape index (κ2) is 14.4. The largest absolute Gasteiger partial charge is 0.379 e. The minimum Gasteiger partial charge on any atom is -0.379 e. The Hall–Kier alpha value is -5.24. The Morgan fingerprint density at radius 3 is 2.38 bits per heavy atom. The molecule has 20 heteroatoms. The number of carbonyl (C=O) groups excluding carboxylic acids is 2.